The Morgan fingerprint density at radius 1 is 1.62 bits per heavy atom. The van der Waals surface area contributed by atoms with Gasteiger partial charge in [0.15, 0.2) is 0 Å². The Kier molecular flexibility index (Phi) is 4.10. The number of hydrogen-bond acceptors (Lipinski definition) is 3. The van der Waals surface area contributed by atoms with Crippen LogP contribution in [0.15, 0.2) is 24.3 Å². The van der Waals surface area contributed by atoms with E-state index in [4.69, 9.17) is 15.7 Å². The fourth-order valence-electron chi connectivity index (χ4n) is 1.24. The van der Waals surface area contributed by atoms with E-state index in [-0.39, 0.29) is 6.42 Å². The maximum absolute atomic E-state index is 10.6. The van der Waals surface area contributed by atoms with Gasteiger partial charge in [-0.3, -0.25) is 4.79 Å². The van der Waals surface area contributed by atoms with Crippen molar-refractivity contribution < 1.29 is 9.53 Å². The second-order valence-electron chi connectivity index (χ2n) is 3.14. The zero-order valence-corrected chi connectivity index (χ0v) is 8.93. The van der Waals surface area contributed by atoms with Gasteiger partial charge in [-0.2, -0.15) is 5.26 Å². The minimum atomic E-state index is -0.397. The van der Waals surface area contributed by atoms with Crippen molar-refractivity contribution in [2.24, 2.45) is 5.73 Å². The van der Waals surface area contributed by atoms with Gasteiger partial charge >= 0.3 is 0 Å². The van der Waals surface area contributed by atoms with Gasteiger partial charge in [0.1, 0.15) is 5.75 Å². The molecule has 0 saturated carbocycles. The number of hydrogen-bond donors (Lipinski definition) is 1. The van der Waals surface area contributed by atoms with Gasteiger partial charge in [0.25, 0.3) is 0 Å². The summed E-state index contributed by atoms with van der Waals surface area (Å²) in [4.78, 5) is 10.6. The minimum absolute atomic E-state index is 0.167. The quantitative estimate of drug-likeness (QED) is 0.827. The molecule has 4 heteroatoms. The Morgan fingerprint density at radius 2 is 2.38 bits per heavy atom. The molecule has 4 nitrogen and oxygen atoms in total. The molecule has 0 aliphatic rings. The molecule has 0 aliphatic carbocycles. The summed E-state index contributed by atoms with van der Waals surface area (Å²) in [5.41, 5.74) is 6.30. The number of methoxy groups -OCH3 is 1. The summed E-state index contributed by atoms with van der Waals surface area (Å²) in [7, 11) is 1.55. The number of nitrogens with two attached hydrogens (primary N) is 1. The van der Waals surface area contributed by atoms with Crippen molar-refractivity contribution in [2.75, 3.05) is 7.11 Å². The molecule has 0 heterocycles. The Labute approximate surface area is 93.9 Å². The molecule has 0 unspecified atom stereocenters. The van der Waals surface area contributed by atoms with Crippen molar-refractivity contribution in [3.63, 3.8) is 0 Å². The van der Waals surface area contributed by atoms with Crippen LogP contribution in [0, 0.1) is 11.3 Å². The largest absolute Gasteiger partial charge is 0.496 e. The predicted molar refractivity (Wildman–Crippen MR) is 60.6 cm³/mol. The Morgan fingerprint density at radius 3 is 2.94 bits per heavy atom. The standard InChI is InChI=1S/C12H12N2O2/c1-16-11-6-5-9(8-13)7-10(11)3-2-4-12(14)15/h2-3,5-7H,4H2,1H3,(H2,14,15). The van der Waals surface area contributed by atoms with Gasteiger partial charge in [-0.05, 0) is 18.2 Å². The molecule has 82 valence electrons. The molecule has 0 saturated heterocycles. The van der Waals surface area contributed by atoms with Crippen LogP contribution in [0.3, 0.4) is 0 Å². The van der Waals surface area contributed by atoms with E-state index in [9.17, 15) is 4.79 Å². The van der Waals surface area contributed by atoms with Crippen LogP contribution in [-0.2, 0) is 4.79 Å². The Hall–Kier alpha value is -2.28. The molecule has 16 heavy (non-hydrogen) atoms. The first kappa shape index (κ1) is 11.8. The number of primary amides is 1. The van der Waals surface area contributed by atoms with Crippen LogP contribution in [0.2, 0.25) is 0 Å². The Balaban J connectivity index is 2.96. The van der Waals surface area contributed by atoms with Crippen LogP contribution in [0.4, 0.5) is 0 Å². The molecular formula is C12H12N2O2. The highest BCUT2D eigenvalue weighted by Crippen LogP contribution is 2.21. The maximum atomic E-state index is 10.6. The van der Waals surface area contributed by atoms with E-state index in [1.807, 2.05) is 6.07 Å². The van der Waals surface area contributed by atoms with Gasteiger partial charge in [0.05, 0.1) is 18.7 Å². The van der Waals surface area contributed by atoms with E-state index in [1.165, 1.54) is 0 Å². The van der Waals surface area contributed by atoms with E-state index < -0.39 is 5.91 Å². The van der Waals surface area contributed by atoms with Gasteiger partial charge in [-0.1, -0.05) is 12.2 Å². The summed E-state index contributed by atoms with van der Waals surface area (Å²) in [5.74, 6) is 0.256. The first-order valence-corrected chi connectivity index (χ1v) is 4.70. The zero-order chi connectivity index (χ0) is 12.0. The third-order valence-corrected chi connectivity index (χ3v) is 1.98. The smallest absolute Gasteiger partial charge is 0.221 e. The molecule has 0 aliphatic heterocycles. The summed E-state index contributed by atoms with van der Waals surface area (Å²) in [6, 6.07) is 7.11. The fourth-order valence-corrected chi connectivity index (χ4v) is 1.24. The topological polar surface area (TPSA) is 76.1 Å². The number of amides is 1. The van der Waals surface area contributed by atoms with Crippen molar-refractivity contribution in [1.29, 1.82) is 5.26 Å². The Bertz CT molecular complexity index is 459. The van der Waals surface area contributed by atoms with Crippen LogP contribution in [-0.4, -0.2) is 13.0 Å². The molecule has 0 bridgehead atoms. The van der Waals surface area contributed by atoms with E-state index in [1.54, 1.807) is 37.5 Å². The molecular weight excluding hydrogens is 204 g/mol. The van der Waals surface area contributed by atoms with E-state index in [0.717, 1.165) is 5.56 Å². The molecule has 2 N–H and O–H groups in total. The van der Waals surface area contributed by atoms with E-state index >= 15 is 0 Å². The van der Waals surface area contributed by atoms with Gasteiger partial charge in [-0.15, -0.1) is 0 Å². The lowest BCUT2D eigenvalue weighted by molar-refractivity contribution is -0.117. The number of rotatable bonds is 4. The van der Waals surface area contributed by atoms with Gasteiger partial charge in [-0.25, -0.2) is 0 Å². The highest BCUT2D eigenvalue weighted by Gasteiger charge is 2.01. The summed E-state index contributed by atoms with van der Waals surface area (Å²) in [5, 5.41) is 8.75. The maximum Gasteiger partial charge on any atom is 0.221 e. The first-order chi connectivity index (χ1) is 7.67. The lowest BCUT2D eigenvalue weighted by atomic mass is 10.1. The second kappa shape index (κ2) is 5.56. The lowest BCUT2D eigenvalue weighted by Gasteiger charge is -2.04. The number of benzene rings is 1. The summed E-state index contributed by atoms with van der Waals surface area (Å²) >= 11 is 0. The third-order valence-electron chi connectivity index (χ3n) is 1.98. The van der Waals surface area contributed by atoms with Crippen LogP contribution >= 0.6 is 0 Å². The molecule has 1 rings (SSSR count). The highest BCUT2D eigenvalue weighted by molar-refractivity contribution is 5.76. The van der Waals surface area contributed by atoms with Crippen LogP contribution in [0.5, 0.6) is 5.75 Å². The minimum Gasteiger partial charge on any atom is -0.496 e. The van der Waals surface area contributed by atoms with Crippen LogP contribution in [0.25, 0.3) is 6.08 Å². The molecule has 1 amide bonds. The second-order valence-corrected chi connectivity index (χ2v) is 3.14. The zero-order valence-electron chi connectivity index (χ0n) is 8.93. The van der Waals surface area contributed by atoms with Crippen molar-refractivity contribution in [1.82, 2.24) is 0 Å². The number of nitriles is 1. The lowest BCUT2D eigenvalue weighted by Crippen LogP contribution is -2.07. The summed E-state index contributed by atoms with van der Waals surface area (Å²) in [6.45, 7) is 0. The summed E-state index contributed by atoms with van der Waals surface area (Å²) in [6.07, 6.45) is 3.52. The van der Waals surface area contributed by atoms with Crippen molar-refractivity contribution in [3.05, 3.63) is 35.4 Å². The monoisotopic (exact) mass is 216 g/mol. The molecule has 0 radical (unpaired) electrons. The van der Waals surface area contributed by atoms with Crippen molar-refractivity contribution in [3.8, 4) is 11.8 Å². The molecule has 0 spiro atoms. The van der Waals surface area contributed by atoms with Gasteiger partial charge in [0.2, 0.25) is 5.91 Å². The van der Waals surface area contributed by atoms with Crippen molar-refractivity contribution in [2.45, 2.75) is 6.42 Å². The van der Waals surface area contributed by atoms with E-state index in [0.29, 0.717) is 11.3 Å². The molecule has 0 atom stereocenters. The highest BCUT2D eigenvalue weighted by atomic mass is 16.5. The van der Waals surface area contributed by atoms with Gasteiger partial charge < -0.3 is 10.5 Å². The molecule has 1 aromatic carbocycles. The van der Waals surface area contributed by atoms with Gasteiger partial charge in [0, 0.05) is 12.0 Å². The number of ether oxygens (including phenoxy) is 1. The molecule has 0 aromatic heterocycles. The normalized spacial score (nSPS) is 10.0. The summed E-state index contributed by atoms with van der Waals surface area (Å²) < 4.78 is 5.13. The molecule has 0 fully saturated rings. The van der Waals surface area contributed by atoms with E-state index in [2.05, 4.69) is 0 Å². The van der Waals surface area contributed by atoms with Crippen LogP contribution < -0.4 is 10.5 Å². The van der Waals surface area contributed by atoms with Crippen molar-refractivity contribution >= 4 is 12.0 Å². The number of nitrogens with zero attached hydrogens (tertiary/aromatic N) is 1. The fraction of sp³-hybridized carbons (Fsp3) is 0.167. The van der Waals surface area contributed by atoms with Crippen LogP contribution in [0.1, 0.15) is 17.5 Å². The molecule has 1 aromatic rings. The number of carbonyl (C=O) groups is 1. The third kappa shape index (κ3) is 3.14. The number of carbonyl (C=O) groups excluding carboxylic acids is 1. The average molecular weight is 216 g/mol. The predicted octanol–water partition coefficient (Wildman–Crippen LogP) is 1.46. The first-order valence-electron chi connectivity index (χ1n) is 4.70. The SMILES string of the molecule is COc1ccc(C#N)cc1C=CCC(N)=O. The average Bonchev–Trinajstić information content (AvgIpc) is 2.28.